The molecule has 3 aromatic rings. The molecule has 0 amide bonds. The summed E-state index contributed by atoms with van der Waals surface area (Å²) in [6.45, 7) is 5.40. The molecule has 4 heterocycles. The van der Waals surface area contributed by atoms with Crippen LogP contribution in [0.25, 0.3) is 21.3 Å². The van der Waals surface area contributed by atoms with Crippen molar-refractivity contribution < 1.29 is 0 Å². The fourth-order valence-electron chi connectivity index (χ4n) is 4.44. The summed E-state index contributed by atoms with van der Waals surface area (Å²) in [5, 5.41) is 12.5. The summed E-state index contributed by atoms with van der Waals surface area (Å²) >= 11 is 1.76. The van der Waals surface area contributed by atoms with Gasteiger partial charge in [0.15, 0.2) is 0 Å². The van der Waals surface area contributed by atoms with Crippen LogP contribution in [-0.2, 0) is 0 Å². The maximum Gasteiger partial charge on any atom is 0.245 e. The number of hydrogen-bond acceptors (Lipinski definition) is 6. The zero-order chi connectivity index (χ0) is 17.7. The van der Waals surface area contributed by atoms with E-state index in [0.717, 1.165) is 41.9 Å². The number of likely N-dealkylation sites (N-methyl/N-ethyl adjacent to an activating group) is 1. The van der Waals surface area contributed by atoms with Crippen molar-refractivity contribution in [2.75, 3.05) is 31.6 Å². The second-order valence-corrected chi connectivity index (χ2v) is 8.53. The molecule has 5 rings (SSSR count). The fourth-order valence-corrected chi connectivity index (χ4v) is 5.21. The quantitative estimate of drug-likeness (QED) is 0.694. The number of thiophene rings is 1. The van der Waals surface area contributed by atoms with Crippen molar-refractivity contribution in [3.05, 3.63) is 35.3 Å². The number of anilines is 1. The van der Waals surface area contributed by atoms with Crippen LogP contribution >= 0.6 is 11.3 Å². The highest BCUT2D eigenvalue weighted by Crippen LogP contribution is 2.34. The molecular formula is C20H23N5S. The van der Waals surface area contributed by atoms with E-state index in [4.69, 9.17) is 4.98 Å². The number of nitrogens with zero attached hydrogens (tertiary/aromatic N) is 5. The zero-order valence-electron chi connectivity index (χ0n) is 15.2. The molecule has 1 aromatic carbocycles. The molecule has 1 unspecified atom stereocenters. The van der Waals surface area contributed by atoms with Crippen molar-refractivity contribution in [3.63, 3.8) is 0 Å². The Morgan fingerprint density at radius 2 is 2.00 bits per heavy atom. The van der Waals surface area contributed by atoms with Gasteiger partial charge in [0.2, 0.25) is 5.95 Å². The van der Waals surface area contributed by atoms with E-state index in [1.165, 1.54) is 29.5 Å². The van der Waals surface area contributed by atoms with Crippen LogP contribution < -0.4 is 4.90 Å². The van der Waals surface area contributed by atoms with Gasteiger partial charge in [0, 0.05) is 29.4 Å². The molecule has 2 fully saturated rings. The average molecular weight is 366 g/mol. The van der Waals surface area contributed by atoms with Gasteiger partial charge in [0.1, 0.15) is 5.69 Å². The van der Waals surface area contributed by atoms with Gasteiger partial charge in [0.05, 0.1) is 5.69 Å². The summed E-state index contributed by atoms with van der Waals surface area (Å²) in [6, 6.07) is 9.15. The molecule has 2 aliphatic rings. The summed E-state index contributed by atoms with van der Waals surface area (Å²) in [5.41, 5.74) is 2.94. The molecular weight excluding hydrogens is 342 g/mol. The maximum absolute atomic E-state index is 4.85. The second kappa shape index (κ2) is 6.28. The van der Waals surface area contributed by atoms with Crippen molar-refractivity contribution >= 4 is 27.4 Å². The molecule has 134 valence electrons. The van der Waals surface area contributed by atoms with E-state index in [2.05, 4.69) is 56.7 Å². The number of benzene rings is 1. The SMILES string of the molecule is Cc1nc(N2CCC3CCN(C)C[C@@H]32)nnc1-c1ccc2sccc2c1. The highest BCUT2D eigenvalue weighted by atomic mass is 32.1. The number of likely N-dealkylation sites (tertiary alicyclic amines) is 1. The van der Waals surface area contributed by atoms with Crippen molar-refractivity contribution in [2.24, 2.45) is 5.92 Å². The monoisotopic (exact) mass is 365 g/mol. The Bertz CT molecular complexity index is 952. The minimum Gasteiger partial charge on any atom is -0.335 e. The van der Waals surface area contributed by atoms with Crippen LogP contribution in [0.2, 0.25) is 0 Å². The molecule has 0 aliphatic carbocycles. The number of aryl methyl sites for hydroxylation is 1. The Kier molecular flexibility index (Phi) is 3.90. The molecule has 2 aliphatic heterocycles. The lowest BCUT2D eigenvalue weighted by Crippen LogP contribution is -2.47. The number of hydrogen-bond donors (Lipinski definition) is 0. The van der Waals surface area contributed by atoms with E-state index >= 15 is 0 Å². The Labute approximate surface area is 157 Å². The van der Waals surface area contributed by atoms with Crippen LogP contribution in [0.4, 0.5) is 5.95 Å². The van der Waals surface area contributed by atoms with Crippen LogP contribution in [0, 0.1) is 12.8 Å². The summed E-state index contributed by atoms with van der Waals surface area (Å²) < 4.78 is 1.30. The first kappa shape index (κ1) is 16.1. The predicted octanol–water partition coefficient (Wildman–Crippen LogP) is 3.59. The zero-order valence-corrected chi connectivity index (χ0v) is 16.0. The molecule has 26 heavy (non-hydrogen) atoms. The fraction of sp³-hybridized carbons (Fsp3) is 0.450. The molecule has 2 aromatic heterocycles. The van der Waals surface area contributed by atoms with Crippen LogP contribution in [-0.4, -0.2) is 52.8 Å². The minimum absolute atomic E-state index is 0.531. The lowest BCUT2D eigenvalue weighted by molar-refractivity contribution is 0.207. The van der Waals surface area contributed by atoms with Gasteiger partial charge in [-0.25, -0.2) is 4.98 Å². The first-order valence-corrected chi connectivity index (χ1v) is 10.2. The van der Waals surface area contributed by atoms with Gasteiger partial charge in [-0.2, -0.15) is 0 Å². The van der Waals surface area contributed by atoms with Crippen LogP contribution in [0.1, 0.15) is 18.5 Å². The average Bonchev–Trinajstić information content (AvgIpc) is 3.27. The largest absolute Gasteiger partial charge is 0.335 e. The van der Waals surface area contributed by atoms with Crippen LogP contribution in [0.5, 0.6) is 0 Å². The number of rotatable bonds is 2. The Morgan fingerprint density at radius 1 is 1.12 bits per heavy atom. The third kappa shape index (κ3) is 2.68. The standard InChI is InChI=1S/C20H23N5S/c1-13-19(16-3-4-18-15(11-16)7-10-26-18)22-23-20(21-13)25-9-6-14-5-8-24(2)12-17(14)25/h3-4,7,10-11,14,17H,5-6,8-9,12H2,1-2H3/t14?,17-/m0/s1. The first-order chi connectivity index (χ1) is 12.7. The van der Waals surface area contributed by atoms with Crippen molar-refractivity contribution in [1.82, 2.24) is 20.1 Å². The van der Waals surface area contributed by atoms with Crippen LogP contribution in [0.3, 0.4) is 0 Å². The minimum atomic E-state index is 0.531. The van der Waals surface area contributed by atoms with E-state index in [-0.39, 0.29) is 0 Å². The van der Waals surface area contributed by atoms with Gasteiger partial charge < -0.3 is 9.80 Å². The van der Waals surface area contributed by atoms with Gasteiger partial charge in [-0.3, -0.25) is 0 Å². The van der Waals surface area contributed by atoms with Gasteiger partial charge in [-0.05, 0) is 68.2 Å². The van der Waals surface area contributed by atoms with E-state index in [0.29, 0.717) is 6.04 Å². The maximum atomic E-state index is 4.85. The Morgan fingerprint density at radius 3 is 2.88 bits per heavy atom. The third-order valence-electron chi connectivity index (χ3n) is 5.90. The normalized spacial score (nSPS) is 23.5. The Balaban J connectivity index is 1.46. The van der Waals surface area contributed by atoms with Gasteiger partial charge >= 0.3 is 0 Å². The summed E-state index contributed by atoms with van der Waals surface area (Å²) in [7, 11) is 2.21. The molecule has 0 saturated carbocycles. The van der Waals surface area contributed by atoms with E-state index < -0.39 is 0 Å². The lowest BCUT2D eigenvalue weighted by atomic mass is 9.92. The number of piperidine rings is 1. The van der Waals surface area contributed by atoms with Crippen molar-refractivity contribution in [2.45, 2.75) is 25.8 Å². The Hall–Kier alpha value is -2.05. The van der Waals surface area contributed by atoms with Gasteiger partial charge in [-0.15, -0.1) is 21.5 Å². The van der Waals surface area contributed by atoms with Crippen LogP contribution in [0.15, 0.2) is 29.6 Å². The van der Waals surface area contributed by atoms with Crippen molar-refractivity contribution in [1.29, 1.82) is 0 Å². The smallest absolute Gasteiger partial charge is 0.245 e. The van der Waals surface area contributed by atoms with Gasteiger partial charge in [-0.1, -0.05) is 6.07 Å². The summed E-state index contributed by atoms with van der Waals surface area (Å²) in [6.07, 6.45) is 2.53. The lowest BCUT2D eigenvalue weighted by Gasteiger charge is -2.36. The highest BCUT2D eigenvalue weighted by molar-refractivity contribution is 7.17. The molecule has 2 atom stereocenters. The van der Waals surface area contributed by atoms with E-state index in [1.807, 2.05) is 6.92 Å². The second-order valence-electron chi connectivity index (χ2n) is 7.58. The summed E-state index contributed by atoms with van der Waals surface area (Å²) in [5.74, 6) is 1.57. The van der Waals surface area contributed by atoms with Crippen molar-refractivity contribution in [3.8, 4) is 11.3 Å². The molecule has 0 N–H and O–H groups in total. The highest BCUT2D eigenvalue weighted by Gasteiger charge is 2.38. The third-order valence-corrected chi connectivity index (χ3v) is 6.80. The predicted molar refractivity (Wildman–Crippen MR) is 107 cm³/mol. The molecule has 2 saturated heterocycles. The van der Waals surface area contributed by atoms with E-state index in [9.17, 15) is 0 Å². The topological polar surface area (TPSA) is 45.2 Å². The van der Waals surface area contributed by atoms with Gasteiger partial charge in [0.25, 0.3) is 0 Å². The molecule has 0 radical (unpaired) electrons. The molecule has 0 spiro atoms. The first-order valence-electron chi connectivity index (χ1n) is 9.33. The van der Waals surface area contributed by atoms with E-state index in [1.54, 1.807) is 11.3 Å². The number of fused-ring (bicyclic) bond motifs is 2. The molecule has 5 nitrogen and oxygen atoms in total. The molecule has 0 bridgehead atoms. The molecule has 6 heteroatoms. The summed E-state index contributed by atoms with van der Waals surface area (Å²) in [4.78, 5) is 9.65. The number of aromatic nitrogens is 3.